The predicted octanol–water partition coefficient (Wildman–Crippen LogP) is 4.62. The van der Waals surface area contributed by atoms with Gasteiger partial charge in [0.05, 0.1) is 17.7 Å². The van der Waals surface area contributed by atoms with E-state index in [1.165, 1.54) is 0 Å². The van der Waals surface area contributed by atoms with E-state index in [2.05, 4.69) is 39.6 Å². The van der Waals surface area contributed by atoms with Gasteiger partial charge in [0.2, 0.25) is 5.95 Å². The predicted molar refractivity (Wildman–Crippen MR) is 139 cm³/mol. The molecule has 0 unspecified atom stereocenters. The number of benzene rings is 2. The third kappa shape index (κ3) is 4.68. The van der Waals surface area contributed by atoms with Gasteiger partial charge in [-0.05, 0) is 24.6 Å². The number of carboxylic acids is 1. The zero-order valence-corrected chi connectivity index (χ0v) is 20.3. The number of para-hydroxylation sites is 1. The number of rotatable bonds is 8. The summed E-state index contributed by atoms with van der Waals surface area (Å²) in [5.41, 5.74) is 9.36. The summed E-state index contributed by atoms with van der Waals surface area (Å²) in [6.45, 7) is 2.33. The highest BCUT2D eigenvalue weighted by Gasteiger charge is 2.19. The van der Waals surface area contributed by atoms with E-state index >= 15 is 0 Å². The highest BCUT2D eigenvalue weighted by molar-refractivity contribution is 7.99. The molecule has 5 aromatic rings. The number of nitrogens with zero attached hydrogens (tertiary/aromatic N) is 5. The van der Waals surface area contributed by atoms with Crippen LogP contribution in [0.25, 0.3) is 27.0 Å². The summed E-state index contributed by atoms with van der Waals surface area (Å²) in [5.74, 6) is 0.353. The molecule has 11 heteroatoms. The van der Waals surface area contributed by atoms with Gasteiger partial charge in [-0.1, -0.05) is 60.3 Å². The average molecular weight is 504 g/mol. The Morgan fingerprint density at radius 2 is 1.80 bits per heavy atom. The van der Waals surface area contributed by atoms with Crippen LogP contribution in [0.15, 0.2) is 65.8 Å². The van der Waals surface area contributed by atoms with E-state index in [4.69, 9.17) is 15.8 Å². The summed E-state index contributed by atoms with van der Waals surface area (Å²) in [5, 5.41) is 22.1. The number of nitrogen functional groups attached to an aromatic ring is 1. The number of aryl methyl sites for hydroxylation is 1. The maximum atomic E-state index is 11.1. The first-order chi connectivity index (χ1) is 17.0. The lowest BCUT2D eigenvalue weighted by atomic mass is 10.0. The van der Waals surface area contributed by atoms with Crippen LogP contribution in [-0.4, -0.2) is 41.6 Å². The number of hydrogen-bond acceptors (Lipinski definition) is 9. The number of thiophene rings is 1. The Morgan fingerprint density at radius 3 is 2.51 bits per heavy atom. The van der Waals surface area contributed by atoms with Crippen molar-refractivity contribution in [1.82, 2.24) is 24.7 Å². The van der Waals surface area contributed by atoms with Crippen LogP contribution >= 0.6 is 23.1 Å². The SMILES string of the molecule is Cc1sc2nc(NCc3nnc(SCC(=O)O)n3-c3ccccc3)nc(N)c2c1-c1ccccc1. The van der Waals surface area contributed by atoms with Crippen molar-refractivity contribution < 1.29 is 9.90 Å². The number of hydrogen-bond donors (Lipinski definition) is 3. The monoisotopic (exact) mass is 503 g/mol. The zero-order valence-electron chi connectivity index (χ0n) is 18.7. The molecule has 0 amide bonds. The van der Waals surface area contributed by atoms with Crippen LogP contribution < -0.4 is 11.1 Å². The van der Waals surface area contributed by atoms with E-state index in [9.17, 15) is 4.79 Å². The Kier molecular flexibility index (Phi) is 6.34. The van der Waals surface area contributed by atoms with Crippen molar-refractivity contribution >= 4 is 51.1 Å². The maximum Gasteiger partial charge on any atom is 0.313 e. The molecule has 176 valence electrons. The van der Waals surface area contributed by atoms with Gasteiger partial charge in [-0.25, -0.2) is 4.98 Å². The van der Waals surface area contributed by atoms with Gasteiger partial charge >= 0.3 is 5.97 Å². The maximum absolute atomic E-state index is 11.1. The van der Waals surface area contributed by atoms with Crippen molar-refractivity contribution in [1.29, 1.82) is 0 Å². The second-order valence-corrected chi connectivity index (χ2v) is 9.76. The van der Waals surface area contributed by atoms with Crippen LogP contribution in [0.2, 0.25) is 0 Å². The number of nitrogens with two attached hydrogens (primary N) is 1. The van der Waals surface area contributed by atoms with Gasteiger partial charge in [0.25, 0.3) is 0 Å². The molecule has 9 nitrogen and oxygen atoms in total. The lowest BCUT2D eigenvalue weighted by molar-refractivity contribution is -0.133. The Labute approximate surface area is 209 Å². The van der Waals surface area contributed by atoms with E-state index in [0.717, 1.165) is 43.7 Å². The molecule has 2 aromatic carbocycles. The Morgan fingerprint density at radius 1 is 1.09 bits per heavy atom. The number of nitrogens with one attached hydrogen (secondary N) is 1. The van der Waals surface area contributed by atoms with Crippen LogP contribution in [0, 0.1) is 6.92 Å². The smallest absolute Gasteiger partial charge is 0.313 e. The molecule has 3 aromatic heterocycles. The van der Waals surface area contributed by atoms with Gasteiger partial charge < -0.3 is 16.2 Å². The highest BCUT2D eigenvalue weighted by Crippen LogP contribution is 2.40. The second-order valence-electron chi connectivity index (χ2n) is 7.62. The number of aliphatic carboxylic acids is 1. The van der Waals surface area contributed by atoms with E-state index in [1.54, 1.807) is 11.3 Å². The number of fused-ring (bicyclic) bond motifs is 1. The van der Waals surface area contributed by atoms with Gasteiger partial charge in [-0.3, -0.25) is 9.36 Å². The average Bonchev–Trinajstić information content (AvgIpc) is 3.42. The number of carboxylic acid groups (broad SMARTS) is 1. The molecular weight excluding hydrogens is 482 g/mol. The summed E-state index contributed by atoms with van der Waals surface area (Å²) in [6.07, 6.45) is 0. The molecule has 0 aliphatic rings. The van der Waals surface area contributed by atoms with E-state index in [-0.39, 0.29) is 12.3 Å². The number of aromatic nitrogens is 5. The largest absolute Gasteiger partial charge is 0.481 e. The molecular formula is C24H21N7O2S2. The first kappa shape index (κ1) is 22.8. The quantitative estimate of drug-likeness (QED) is 0.260. The fraction of sp³-hybridized carbons (Fsp3) is 0.125. The van der Waals surface area contributed by atoms with Crippen molar-refractivity contribution in [3.05, 3.63) is 71.4 Å². The van der Waals surface area contributed by atoms with Crippen molar-refractivity contribution in [2.45, 2.75) is 18.6 Å². The number of carbonyl (C=O) groups is 1. The summed E-state index contributed by atoms with van der Waals surface area (Å²) < 4.78 is 1.82. The fourth-order valence-corrected chi connectivity index (χ4v) is 5.54. The van der Waals surface area contributed by atoms with Crippen molar-refractivity contribution in [2.24, 2.45) is 0 Å². The molecule has 0 saturated carbocycles. The van der Waals surface area contributed by atoms with Crippen LogP contribution in [-0.2, 0) is 11.3 Å². The normalized spacial score (nSPS) is 11.1. The molecule has 5 rings (SSSR count). The molecule has 4 N–H and O–H groups in total. The lowest BCUT2D eigenvalue weighted by Crippen LogP contribution is -2.11. The number of thioether (sulfide) groups is 1. The van der Waals surface area contributed by atoms with E-state index in [0.29, 0.717) is 22.7 Å². The van der Waals surface area contributed by atoms with Gasteiger partial charge in [-0.15, -0.1) is 21.5 Å². The summed E-state index contributed by atoms with van der Waals surface area (Å²) in [4.78, 5) is 22.2. The molecule has 0 aliphatic carbocycles. The molecule has 3 heterocycles. The minimum atomic E-state index is -0.921. The molecule has 0 fully saturated rings. The molecule has 0 atom stereocenters. The molecule has 35 heavy (non-hydrogen) atoms. The van der Waals surface area contributed by atoms with Gasteiger partial charge in [0.15, 0.2) is 11.0 Å². The Balaban J connectivity index is 1.45. The molecule has 0 radical (unpaired) electrons. The first-order valence-electron chi connectivity index (χ1n) is 10.7. The van der Waals surface area contributed by atoms with Crippen molar-refractivity contribution in [3.8, 4) is 16.8 Å². The highest BCUT2D eigenvalue weighted by atomic mass is 32.2. The lowest BCUT2D eigenvalue weighted by Gasteiger charge is -2.11. The van der Waals surface area contributed by atoms with E-state index in [1.807, 2.05) is 53.1 Å². The van der Waals surface area contributed by atoms with Gasteiger partial charge in [-0.2, -0.15) is 4.98 Å². The minimum Gasteiger partial charge on any atom is -0.481 e. The third-order valence-corrected chi connectivity index (χ3v) is 7.18. The van der Waals surface area contributed by atoms with E-state index < -0.39 is 5.97 Å². The molecule has 0 saturated heterocycles. The Hall–Kier alpha value is -3.96. The van der Waals surface area contributed by atoms with Crippen molar-refractivity contribution in [2.75, 3.05) is 16.8 Å². The zero-order chi connectivity index (χ0) is 24.4. The van der Waals surface area contributed by atoms with Crippen LogP contribution in [0.5, 0.6) is 0 Å². The molecule has 0 spiro atoms. The number of anilines is 2. The molecule has 0 aliphatic heterocycles. The van der Waals surface area contributed by atoms with Gasteiger partial charge in [0, 0.05) is 16.1 Å². The standard InChI is InChI=1S/C24H21N7O2S2/c1-14-19(15-8-4-2-5-9-15)20-21(25)27-23(28-22(20)35-14)26-12-17-29-30-24(34-13-18(32)33)31(17)16-10-6-3-7-11-16/h2-11H,12-13H2,1H3,(H,32,33)(H3,25,26,27,28). The van der Waals surface area contributed by atoms with Crippen LogP contribution in [0.4, 0.5) is 11.8 Å². The summed E-state index contributed by atoms with van der Waals surface area (Å²) in [6, 6.07) is 19.6. The topological polar surface area (TPSA) is 132 Å². The third-order valence-electron chi connectivity index (χ3n) is 5.26. The van der Waals surface area contributed by atoms with Crippen molar-refractivity contribution in [3.63, 3.8) is 0 Å². The van der Waals surface area contributed by atoms with Crippen LogP contribution in [0.1, 0.15) is 10.7 Å². The summed E-state index contributed by atoms with van der Waals surface area (Å²) >= 11 is 2.69. The second kappa shape index (κ2) is 9.72. The minimum absolute atomic E-state index is 0.115. The fourth-order valence-electron chi connectivity index (χ4n) is 3.80. The summed E-state index contributed by atoms with van der Waals surface area (Å²) in [7, 11) is 0. The van der Waals surface area contributed by atoms with Gasteiger partial charge in [0.1, 0.15) is 10.6 Å². The first-order valence-corrected chi connectivity index (χ1v) is 12.5. The van der Waals surface area contributed by atoms with Crippen LogP contribution in [0.3, 0.4) is 0 Å². The molecule has 0 bridgehead atoms. The Bertz CT molecular complexity index is 1500.